The molecule has 0 aliphatic heterocycles. The number of fused-ring (bicyclic) bond motifs is 1. The topological polar surface area (TPSA) is 73.0 Å². The van der Waals surface area contributed by atoms with Crippen molar-refractivity contribution in [3.8, 4) is 11.5 Å². The number of carbonyl (C=O) groups excluding carboxylic acids is 1. The standard InChI is InChI=1S/C19H17FN4O2S/c1-12-4-2-5-14-13(12)10-15(24(14)8-7-20)18-22-17(26-23-18)11-21-19(25)16-6-3-9-27-16/h2-6,9-10H,7-8,11H2,1H3,(H,21,25). The highest BCUT2D eigenvalue weighted by Gasteiger charge is 2.17. The largest absolute Gasteiger partial charge is 0.342 e. The zero-order valence-electron chi connectivity index (χ0n) is 14.6. The number of nitrogens with one attached hydrogen (secondary N) is 1. The lowest BCUT2D eigenvalue weighted by Gasteiger charge is -2.05. The van der Waals surface area contributed by atoms with Crippen molar-refractivity contribution in [1.29, 1.82) is 0 Å². The zero-order chi connectivity index (χ0) is 18.8. The Labute approximate surface area is 158 Å². The number of thiophene rings is 1. The van der Waals surface area contributed by atoms with Crippen LogP contribution in [-0.2, 0) is 13.1 Å². The number of carbonyl (C=O) groups is 1. The number of benzene rings is 1. The lowest BCUT2D eigenvalue weighted by Crippen LogP contribution is -2.21. The lowest BCUT2D eigenvalue weighted by atomic mass is 10.1. The van der Waals surface area contributed by atoms with Gasteiger partial charge in [0.1, 0.15) is 6.67 Å². The van der Waals surface area contributed by atoms with Gasteiger partial charge in [-0.25, -0.2) is 4.39 Å². The van der Waals surface area contributed by atoms with Gasteiger partial charge in [0.05, 0.1) is 23.7 Å². The van der Waals surface area contributed by atoms with Crippen LogP contribution in [0.3, 0.4) is 0 Å². The summed E-state index contributed by atoms with van der Waals surface area (Å²) in [5, 5.41) is 9.63. The maximum absolute atomic E-state index is 13.1. The van der Waals surface area contributed by atoms with E-state index in [2.05, 4.69) is 15.5 Å². The number of hydrogen-bond acceptors (Lipinski definition) is 5. The van der Waals surface area contributed by atoms with Crippen molar-refractivity contribution in [3.63, 3.8) is 0 Å². The number of hydrogen-bond donors (Lipinski definition) is 1. The van der Waals surface area contributed by atoms with Crippen LogP contribution in [0.2, 0.25) is 0 Å². The first-order chi connectivity index (χ1) is 13.2. The predicted molar refractivity (Wildman–Crippen MR) is 101 cm³/mol. The summed E-state index contributed by atoms with van der Waals surface area (Å²) in [4.78, 5) is 17.0. The first-order valence-corrected chi connectivity index (χ1v) is 9.35. The molecular weight excluding hydrogens is 367 g/mol. The van der Waals surface area contributed by atoms with Crippen LogP contribution in [0.15, 0.2) is 46.3 Å². The maximum atomic E-state index is 13.1. The molecule has 6 nitrogen and oxygen atoms in total. The van der Waals surface area contributed by atoms with Gasteiger partial charge in [-0.15, -0.1) is 11.3 Å². The van der Waals surface area contributed by atoms with E-state index in [9.17, 15) is 9.18 Å². The summed E-state index contributed by atoms with van der Waals surface area (Å²) in [5.41, 5.74) is 2.72. The summed E-state index contributed by atoms with van der Waals surface area (Å²) in [6, 6.07) is 11.4. The molecule has 0 atom stereocenters. The van der Waals surface area contributed by atoms with Crippen LogP contribution < -0.4 is 5.32 Å². The van der Waals surface area contributed by atoms with Gasteiger partial charge in [-0.1, -0.05) is 23.4 Å². The second kappa shape index (κ2) is 7.32. The second-order valence-electron chi connectivity index (χ2n) is 6.05. The van der Waals surface area contributed by atoms with Crippen LogP contribution in [0.5, 0.6) is 0 Å². The molecule has 0 radical (unpaired) electrons. The molecule has 27 heavy (non-hydrogen) atoms. The molecule has 8 heteroatoms. The average molecular weight is 384 g/mol. The summed E-state index contributed by atoms with van der Waals surface area (Å²) < 4.78 is 20.2. The second-order valence-corrected chi connectivity index (χ2v) is 7.00. The third-order valence-corrected chi connectivity index (χ3v) is 5.18. The number of alkyl halides is 1. The highest BCUT2D eigenvalue weighted by molar-refractivity contribution is 7.12. The normalized spacial score (nSPS) is 11.2. The summed E-state index contributed by atoms with van der Waals surface area (Å²) >= 11 is 1.36. The molecule has 138 valence electrons. The molecule has 4 aromatic rings. The van der Waals surface area contributed by atoms with Gasteiger partial charge < -0.3 is 14.4 Å². The fourth-order valence-corrected chi connectivity index (χ4v) is 3.66. The first kappa shape index (κ1) is 17.4. The van der Waals surface area contributed by atoms with Gasteiger partial charge in [0.25, 0.3) is 5.91 Å². The minimum absolute atomic E-state index is 0.131. The third-order valence-electron chi connectivity index (χ3n) is 4.31. The van der Waals surface area contributed by atoms with E-state index in [1.54, 1.807) is 6.07 Å². The van der Waals surface area contributed by atoms with Crippen LogP contribution in [0.4, 0.5) is 4.39 Å². The molecule has 1 amide bonds. The quantitative estimate of drug-likeness (QED) is 0.546. The molecule has 0 fully saturated rings. The summed E-state index contributed by atoms with van der Waals surface area (Å²) in [6.07, 6.45) is 0. The van der Waals surface area contributed by atoms with E-state index in [1.165, 1.54) is 11.3 Å². The van der Waals surface area contributed by atoms with Crippen LogP contribution in [-0.4, -0.2) is 27.3 Å². The minimum Gasteiger partial charge on any atom is -0.342 e. The van der Waals surface area contributed by atoms with E-state index in [-0.39, 0.29) is 19.0 Å². The molecule has 0 saturated heterocycles. The molecule has 3 aromatic heterocycles. The number of aryl methyl sites for hydroxylation is 2. The summed E-state index contributed by atoms with van der Waals surface area (Å²) in [7, 11) is 0. The molecule has 1 N–H and O–H groups in total. The van der Waals surface area contributed by atoms with Crippen molar-refractivity contribution in [2.45, 2.75) is 20.0 Å². The molecule has 1 aromatic carbocycles. The number of amides is 1. The van der Waals surface area contributed by atoms with Gasteiger partial charge in [0.15, 0.2) is 0 Å². The van der Waals surface area contributed by atoms with Crippen molar-refractivity contribution in [2.24, 2.45) is 0 Å². The van der Waals surface area contributed by atoms with Gasteiger partial charge >= 0.3 is 0 Å². The lowest BCUT2D eigenvalue weighted by molar-refractivity contribution is 0.0950. The molecule has 0 saturated carbocycles. The Bertz CT molecular complexity index is 1080. The van der Waals surface area contributed by atoms with Crippen molar-refractivity contribution >= 4 is 28.1 Å². The number of halogens is 1. The molecule has 0 unspecified atom stereocenters. The molecule has 3 heterocycles. The van der Waals surface area contributed by atoms with E-state index in [0.29, 0.717) is 22.3 Å². The highest BCUT2D eigenvalue weighted by atomic mass is 32.1. The SMILES string of the molecule is Cc1cccc2c1cc(-c1noc(CNC(=O)c3cccs3)n1)n2CCF. The minimum atomic E-state index is -0.494. The van der Waals surface area contributed by atoms with Crippen LogP contribution in [0, 0.1) is 6.92 Å². The molecule has 0 aliphatic rings. The monoisotopic (exact) mass is 384 g/mol. The Morgan fingerprint density at radius 1 is 1.33 bits per heavy atom. The Kier molecular flexibility index (Phi) is 4.72. The average Bonchev–Trinajstić information content (AvgIpc) is 3.41. The van der Waals surface area contributed by atoms with Crippen molar-refractivity contribution < 1.29 is 13.7 Å². The third kappa shape index (κ3) is 3.35. The highest BCUT2D eigenvalue weighted by Crippen LogP contribution is 2.28. The van der Waals surface area contributed by atoms with Gasteiger partial charge in [-0.3, -0.25) is 4.79 Å². The van der Waals surface area contributed by atoms with Gasteiger partial charge in [-0.05, 0) is 36.1 Å². The predicted octanol–water partition coefficient (Wildman–Crippen LogP) is 3.96. The summed E-state index contributed by atoms with van der Waals surface area (Å²) in [6.45, 7) is 1.85. The molecule has 0 bridgehead atoms. The Morgan fingerprint density at radius 3 is 3.00 bits per heavy atom. The number of aromatic nitrogens is 3. The Balaban J connectivity index is 1.60. The van der Waals surface area contributed by atoms with E-state index >= 15 is 0 Å². The summed E-state index contributed by atoms with van der Waals surface area (Å²) in [5.74, 6) is 0.482. The van der Waals surface area contributed by atoms with E-state index < -0.39 is 6.67 Å². The molecule has 0 aliphatic carbocycles. The maximum Gasteiger partial charge on any atom is 0.261 e. The van der Waals surface area contributed by atoms with Gasteiger partial charge in [0, 0.05) is 10.9 Å². The fourth-order valence-electron chi connectivity index (χ4n) is 3.02. The van der Waals surface area contributed by atoms with Crippen molar-refractivity contribution in [3.05, 3.63) is 58.1 Å². The fraction of sp³-hybridized carbons (Fsp3) is 0.211. The molecule has 0 spiro atoms. The van der Waals surface area contributed by atoms with E-state index in [4.69, 9.17) is 4.52 Å². The molecular formula is C19H17FN4O2S. The van der Waals surface area contributed by atoms with Gasteiger partial charge in [0.2, 0.25) is 11.7 Å². The molecule has 4 rings (SSSR count). The first-order valence-electron chi connectivity index (χ1n) is 8.47. The van der Waals surface area contributed by atoms with Gasteiger partial charge in [-0.2, -0.15) is 4.98 Å². The Hall–Kier alpha value is -3.00. The van der Waals surface area contributed by atoms with E-state index in [0.717, 1.165) is 16.5 Å². The Morgan fingerprint density at radius 2 is 2.22 bits per heavy atom. The van der Waals surface area contributed by atoms with Crippen LogP contribution in [0.25, 0.3) is 22.4 Å². The zero-order valence-corrected chi connectivity index (χ0v) is 15.4. The number of nitrogens with zero attached hydrogens (tertiary/aromatic N) is 3. The smallest absolute Gasteiger partial charge is 0.261 e. The van der Waals surface area contributed by atoms with Crippen molar-refractivity contribution in [1.82, 2.24) is 20.0 Å². The van der Waals surface area contributed by atoms with E-state index in [1.807, 2.05) is 47.2 Å². The number of rotatable bonds is 6. The van der Waals surface area contributed by atoms with Crippen LogP contribution in [0.1, 0.15) is 21.1 Å². The van der Waals surface area contributed by atoms with Crippen molar-refractivity contribution in [2.75, 3.05) is 6.67 Å². The van der Waals surface area contributed by atoms with Crippen LogP contribution >= 0.6 is 11.3 Å².